The van der Waals surface area contributed by atoms with Crippen molar-refractivity contribution in [1.82, 2.24) is 4.98 Å². The van der Waals surface area contributed by atoms with E-state index in [9.17, 15) is 0 Å². The van der Waals surface area contributed by atoms with Crippen molar-refractivity contribution in [1.29, 1.82) is 0 Å². The van der Waals surface area contributed by atoms with Crippen molar-refractivity contribution in [2.45, 2.75) is 32.9 Å². The second-order valence-corrected chi connectivity index (χ2v) is 4.07. The predicted molar refractivity (Wildman–Crippen MR) is 60.2 cm³/mol. The third kappa shape index (κ3) is 2.96. The molecule has 3 nitrogen and oxygen atoms in total. The van der Waals surface area contributed by atoms with Crippen molar-refractivity contribution >= 4 is 15.9 Å². The number of hydrogen-bond donors (Lipinski definition) is 1. The van der Waals surface area contributed by atoms with E-state index in [1.807, 2.05) is 13.0 Å². The maximum atomic E-state index is 5.63. The maximum absolute atomic E-state index is 5.63. The van der Waals surface area contributed by atoms with Gasteiger partial charge < -0.3 is 10.5 Å². The molecule has 0 radical (unpaired) electrons. The summed E-state index contributed by atoms with van der Waals surface area (Å²) in [6.45, 7) is 4.54. The molecule has 4 heteroatoms. The van der Waals surface area contributed by atoms with Gasteiger partial charge in [0.25, 0.3) is 0 Å². The van der Waals surface area contributed by atoms with Crippen molar-refractivity contribution < 1.29 is 4.74 Å². The van der Waals surface area contributed by atoms with Crippen LogP contribution in [0.15, 0.2) is 16.7 Å². The van der Waals surface area contributed by atoms with Gasteiger partial charge in [0.1, 0.15) is 0 Å². The number of halogens is 1. The molecule has 1 unspecified atom stereocenters. The fourth-order valence-corrected chi connectivity index (χ4v) is 1.37. The zero-order chi connectivity index (χ0) is 10.6. The molecule has 0 aliphatic rings. The molecule has 0 saturated carbocycles. The van der Waals surface area contributed by atoms with Crippen LogP contribution in [-0.4, -0.2) is 11.1 Å². The lowest BCUT2D eigenvalue weighted by molar-refractivity contribution is 0.206. The fourth-order valence-electron chi connectivity index (χ4n) is 0.995. The van der Waals surface area contributed by atoms with E-state index in [1.54, 1.807) is 6.20 Å². The third-order valence-electron chi connectivity index (χ3n) is 2.00. The van der Waals surface area contributed by atoms with E-state index in [0.29, 0.717) is 12.4 Å². The number of nitrogens with zero attached hydrogens (tertiary/aromatic N) is 1. The van der Waals surface area contributed by atoms with Gasteiger partial charge in [0, 0.05) is 22.8 Å². The Bertz CT molecular complexity index is 304. The molecular weight excluding hydrogens is 244 g/mol. The first-order valence-electron chi connectivity index (χ1n) is 4.68. The molecule has 0 bridgehead atoms. The van der Waals surface area contributed by atoms with Gasteiger partial charge in [-0.2, -0.15) is 0 Å². The molecule has 0 spiro atoms. The standard InChI is InChI=1S/C10H15BrN2O/c1-3-7(2)14-10-8(5-12)4-9(11)6-13-10/h4,6-7H,3,5,12H2,1-2H3. The molecule has 0 saturated heterocycles. The zero-order valence-corrected chi connectivity index (χ0v) is 10.0. The van der Waals surface area contributed by atoms with Crippen LogP contribution < -0.4 is 10.5 Å². The van der Waals surface area contributed by atoms with Gasteiger partial charge >= 0.3 is 0 Å². The van der Waals surface area contributed by atoms with Gasteiger partial charge in [0.05, 0.1) is 6.10 Å². The number of hydrogen-bond acceptors (Lipinski definition) is 3. The highest BCUT2D eigenvalue weighted by atomic mass is 79.9. The number of rotatable bonds is 4. The van der Waals surface area contributed by atoms with Crippen LogP contribution in [0, 0.1) is 0 Å². The lowest BCUT2D eigenvalue weighted by Gasteiger charge is -2.14. The number of ether oxygens (including phenoxy) is 1. The highest BCUT2D eigenvalue weighted by molar-refractivity contribution is 9.10. The van der Waals surface area contributed by atoms with Gasteiger partial charge in [0.2, 0.25) is 5.88 Å². The smallest absolute Gasteiger partial charge is 0.218 e. The first kappa shape index (κ1) is 11.5. The van der Waals surface area contributed by atoms with Gasteiger partial charge in [0.15, 0.2) is 0 Å². The molecule has 0 aliphatic carbocycles. The number of aromatic nitrogens is 1. The lowest BCUT2D eigenvalue weighted by Crippen LogP contribution is -2.13. The summed E-state index contributed by atoms with van der Waals surface area (Å²) in [6, 6.07) is 1.94. The average molecular weight is 259 g/mol. The SMILES string of the molecule is CCC(C)Oc1ncc(Br)cc1CN. The van der Waals surface area contributed by atoms with Crippen LogP contribution in [-0.2, 0) is 6.54 Å². The van der Waals surface area contributed by atoms with E-state index < -0.39 is 0 Å². The molecular formula is C10H15BrN2O. The molecule has 1 rings (SSSR count). The summed E-state index contributed by atoms with van der Waals surface area (Å²) in [6.07, 6.45) is 2.85. The average Bonchev–Trinajstić information content (AvgIpc) is 2.20. The van der Waals surface area contributed by atoms with Crippen LogP contribution in [0.5, 0.6) is 5.88 Å². The van der Waals surface area contributed by atoms with E-state index in [4.69, 9.17) is 10.5 Å². The van der Waals surface area contributed by atoms with Gasteiger partial charge in [-0.3, -0.25) is 0 Å². The quantitative estimate of drug-likeness (QED) is 0.903. The van der Waals surface area contributed by atoms with Crippen molar-refractivity contribution in [2.75, 3.05) is 0 Å². The number of pyridine rings is 1. The first-order valence-corrected chi connectivity index (χ1v) is 5.47. The fraction of sp³-hybridized carbons (Fsp3) is 0.500. The van der Waals surface area contributed by atoms with Crippen LogP contribution in [0.3, 0.4) is 0 Å². The van der Waals surface area contributed by atoms with Crippen LogP contribution in [0.4, 0.5) is 0 Å². The monoisotopic (exact) mass is 258 g/mol. The first-order chi connectivity index (χ1) is 6.67. The Morgan fingerprint density at radius 2 is 2.36 bits per heavy atom. The molecule has 0 amide bonds. The zero-order valence-electron chi connectivity index (χ0n) is 8.46. The van der Waals surface area contributed by atoms with E-state index in [1.165, 1.54) is 0 Å². The van der Waals surface area contributed by atoms with Crippen LogP contribution in [0.25, 0.3) is 0 Å². The highest BCUT2D eigenvalue weighted by Gasteiger charge is 2.07. The Kier molecular flexibility index (Phi) is 4.35. The summed E-state index contributed by atoms with van der Waals surface area (Å²) in [5.41, 5.74) is 6.53. The van der Waals surface area contributed by atoms with Crippen LogP contribution in [0.1, 0.15) is 25.8 Å². The summed E-state index contributed by atoms with van der Waals surface area (Å²) in [7, 11) is 0. The molecule has 14 heavy (non-hydrogen) atoms. The van der Waals surface area contributed by atoms with E-state index in [-0.39, 0.29) is 6.10 Å². The van der Waals surface area contributed by atoms with E-state index in [0.717, 1.165) is 16.5 Å². The predicted octanol–water partition coefficient (Wildman–Crippen LogP) is 2.48. The molecule has 1 heterocycles. The van der Waals surface area contributed by atoms with Crippen LogP contribution >= 0.6 is 15.9 Å². The summed E-state index contributed by atoms with van der Waals surface area (Å²) >= 11 is 3.35. The Balaban J connectivity index is 2.85. The molecule has 0 aliphatic heterocycles. The van der Waals surface area contributed by atoms with E-state index in [2.05, 4.69) is 27.8 Å². The van der Waals surface area contributed by atoms with Crippen molar-refractivity contribution in [3.05, 3.63) is 22.3 Å². The van der Waals surface area contributed by atoms with Gasteiger partial charge in [-0.1, -0.05) is 6.92 Å². The molecule has 0 fully saturated rings. The minimum absolute atomic E-state index is 0.175. The van der Waals surface area contributed by atoms with Gasteiger partial charge in [-0.25, -0.2) is 4.98 Å². The van der Waals surface area contributed by atoms with E-state index >= 15 is 0 Å². The van der Waals surface area contributed by atoms with Crippen LogP contribution in [0.2, 0.25) is 0 Å². The molecule has 2 N–H and O–H groups in total. The minimum atomic E-state index is 0.175. The summed E-state index contributed by atoms with van der Waals surface area (Å²) in [5, 5.41) is 0. The minimum Gasteiger partial charge on any atom is -0.474 e. The number of nitrogens with two attached hydrogens (primary N) is 1. The summed E-state index contributed by atoms with van der Waals surface area (Å²) < 4.78 is 6.55. The van der Waals surface area contributed by atoms with Crippen molar-refractivity contribution in [2.24, 2.45) is 5.73 Å². The molecule has 0 aromatic carbocycles. The largest absolute Gasteiger partial charge is 0.474 e. The summed E-state index contributed by atoms with van der Waals surface area (Å²) in [5.74, 6) is 0.644. The normalized spacial score (nSPS) is 12.6. The van der Waals surface area contributed by atoms with Gasteiger partial charge in [-0.15, -0.1) is 0 Å². The third-order valence-corrected chi connectivity index (χ3v) is 2.43. The highest BCUT2D eigenvalue weighted by Crippen LogP contribution is 2.20. The Hall–Kier alpha value is -0.610. The molecule has 78 valence electrons. The molecule has 1 atom stereocenters. The topological polar surface area (TPSA) is 48.1 Å². The summed E-state index contributed by atoms with van der Waals surface area (Å²) in [4.78, 5) is 4.19. The Morgan fingerprint density at radius 3 is 2.93 bits per heavy atom. The van der Waals surface area contributed by atoms with Gasteiger partial charge in [-0.05, 0) is 35.3 Å². The Morgan fingerprint density at radius 1 is 1.64 bits per heavy atom. The molecule has 1 aromatic rings. The van der Waals surface area contributed by atoms with Crippen molar-refractivity contribution in [3.63, 3.8) is 0 Å². The second-order valence-electron chi connectivity index (χ2n) is 3.16. The second kappa shape index (κ2) is 5.32. The molecule has 1 aromatic heterocycles. The lowest BCUT2D eigenvalue weighted by atomic mass is 10.2. The Labute approximate surface area is 92.8 Å². The maximum Gasteiger partial charge on any atom is 0.218 e. The van der Waals surface area contributed by atoms with Crippen molar-refractivity contribution in [3.8, 4) is 5.88 Å².